The van der Waals surface area contributed by atoms with Crippen LogP contribution in [0, 0.1) is 0 Å². The Bertz CT molecular complexity index is 3560. The predicted octanol–water partition coefficient (Wildman–Crippen LogP) is 17.3. The van der Waals surface area contributed by atoms with Crippen LogP contribution in [0.25, 0.3) is 0 Å². The highest BCUT2D eigenvalue weighted by Crippen LogP contribution is 2.33. The summed E-state index contributed by atoms with van der Waals surface area (Å²) in [4.78, 5) is 26.9. The molecular weight excluding hydrogens is 1270 g/mol. The summed E-state index contributed by atoms with van der Waals surface area (Å²) in [6.45, 7) is 6.87. The van der Waals surface area contributed by atoms with Crippen LogP contribution in [0.3, 0.4) is 0 Å². The summed E-state index contributed by atoms with van der Waals surface area (Å²) in [5, 5.41) is 20.3. The Labute approximate surface area is 554 Å². The van der Waals surface area contributed by atoms with Crippen LogP contribution in [0.2, 0.25) is 35.9 Å². The zero-order valence-electron chi connectivity index (χ0n) is 48.8. The number of likely N-dealkylation sites (N-methyl/N-ethyl adjacent to an activating group) is 1. The Morgan fingerprint density at radius 1 is 0.472 bits per heavy atom. The Hall–Kier alpha value is -7.29. The second-order valence-corrected chi connectivity index (χ2v) is 22.8. The number of hydrogen-bond acceptors (Lipinski definition) is 17. The molecule has 468 valence electrons. The molecule has 2 aromatic heterocycles. The number of benzene rings is 7. The number of aromatic hydroxyl groups is 1. The zero-order valence-corrected chi connectivity index (χ0v) is 54.1. The Kier molecular flexibility index (Phi) is 28.8. The molecule has 2 aliphatic rings. The summed E-state index contributed by atoms with van der Waals surface area (Å²) in [6.07, 6.45) is 9.90. The number of anilines is 7. The van der Waals surface area contributed by atoms with E-state index in [2.05, 4.69) is 57.7 Å². The summed E-state index contributed by atoms with van der Waals surface area (Å²) in [5.74, 6) is 2.99. The largest absolute Gasteiger partial charge is 0.506 e. The number of aromatic nitrogens is 6. The van der Waals surface area contributed by atoms with Gasteiger partial charge >= 0.3 is 0 Å². The summed E-state index contributed by atoms with van der Waals surface area (Å²) < 4.78 is 17.1. The van der Waals surface area contributed by atoms with Gasteiger partial charge in [-0.05, 0) is 163 Å². The van der Waals surface area contributed by atoms with E-state index in [1.54, 1.807) is 48.5 Å². The second-order valence-electron chi connectivity index (χ2n) is 20.2. The van der Waals surface area contributed by atoms with E-state index in [9.17, 15) is 0 Å². The Balaban J connectivity index is 0.000000171. The predicted molar refractivity (Wildman–Crippen MR) is 364 cm³/mol. The highest BCUT2D eigenvalue weighted by molar-refractivity contribution is 6.33. The molecule has 7 aromatic carbocycles. The van der Waals surface area contributed by atoms with Crippen molar-refractivity contribution >= 4 is 122 Å². The third-order valence-electron chi connectivity index (χ3n) is 13.6. The van der Waals surface area contributed by atoms with E-state index in [-0.39, 0.29) is 32.6 Å². The van der Waals surface area contributed by atoms with Crippen LogP contribution in [-0.2, 0) is 19.8 Å². The van der Waals surface area contributed by atoms with Gasteiger partial charge in [-0.25, -0.2) is 0 Å². The molecule has 1 unspecified atom stereocenters. The molecule has 2 fully saturated rings. The van der Waals surface area contributed by atoms with Crippen LogP contribution < -0.4 is 47.4 Å². The normalized spacial score (nSPS) is 13.7. The third kappa shape index (κ3) is 24.6. The fourth-order valence-electron chi connectivity index (χ4n) is 9.05. The SMILES string of the molecule is CCN1CCCC1CN.Clc1nc(Cl)nc(Nc2ccc(OCc3ccccc3)c(Cl)c2)n1.Clc1nc(Nc2ccc(OCc3ccccc3)c(Cl)c2)nc(NC2CCCCCC2)n1.Nc1ccc(O)c(Cl)c1.Nc1ccc(OCc2ccccc2)c(Cl)c1. The van der Waals surface area contributed by atoms with Crippen LogP contribution in [0.1, 0.15) is 75.0 Å². The van der Waals surface area contributed by atoms with Crippen molar-refractivity contribution < 1.29 is 19.3 Å². The van der Waals surface area contributed by atoms with E-state index in [1.807, 2.05) is 103 Å². The van der Waals surface area contributed by atoms with Gasteiger partial charge in [0.1, 0.15) is 42.8 Å². The van der Waals surface area contributed by atoms with Crippen molar-refractivity contribution in [2.75, 3.05) is 47.1 Å². The van der Waals surface area contributed by atoms with Crippen molar-refractivity contribution in [1.82, 2.24) is 34.8 Å². The molecule has 9 aromatic rings. The van der Waals surface area contributed by atoms with Crippen molar-refractivity contribution in [2.45, 2.75) is 90.2 Å². The number of hydrogen-bond donors (Lipinski definition) is 7. The molecule has 24 heteroatoms. The van der Waals surface area contributed by atoms with Gasteiger partial charge in [0.15, 0.2) is 0 Å². The monoisotopic (exact) mass is 1340 g/mol. The van der Waals surface area contributed by atoms with Crippen LogP contribution in [0.5, 0.6) is 23.0 Å². The van der Waals surface area contributed by atoms with Crippen LogP contribution >= 0.6 is 81.2 Å². The molecule has 1 aliphatic heterocycles. The van der Waals surface area contributed by atoms with Gasteiger partial charge in [-0.2, -0.15) is 29.9 Å². The quantitative estimate of drug-likeness (QED) is 0.0255. The van der Waals surface area contributed by atoms with Gasteiger partial charge in [0.2, 0.25) is 33.7 Å². The molecule has 1 aliphatic carbocycles. The fourth-order valence-corrected chi connectivity index (χ4v) is 10.5. The average Bonchev–Trinajstić information content (AvgIpc) is 3.96. The smallest absolute Gasteiger partial charge is 0.233 e. The number of ether oxygens (including phenoxy) is 3. The van der Waals surface area contributed by atoms with Crippen molar-refractivity contribution in [2.24, 2.45) is 5.73 Å². The van der Waals surface area contributed by atoms with Crippen LogP contribution in [-0.4, -0.2) is 71.6 Å². The average molecular weight is 1350 g/mol. The van der Waals surface area contributed by atoms with Gasteiger partial charge in [-0.3, -0.25) is 4.90 Å². The standard InChI is InChI=1S/C23H25Cl2N5O.C16H11Cl3N4O.C13H12ClNO.C7H16N2.C6H6ClNO/c24-19-14-18(12-13-20(19)31-15-16-8-4-3-5-9-16)27-23-29-21(25)28-22(30-23)26-17-10-6-1-2-7-11-17;17-12-8-11(20-16-22-14(18)21-15(19)23-16)6-7-13(12)24-9-10-4-2-1-3-5-10;14-12-8-11(15)6-7-13(12)16-9-10-4-2-1-3-5-10;1-2-9-5-3-4-7(9)6-8;7-5-3-4(8)1-2-6(5)9/h3-5,8-9,12-14,17H,1-2,6-7,10-11,15H2,(H2,26,27,28,29,30);1-8H,9H2,(H,20,21,22,23);1-8H,9,15H2;7H,2-6,8H2,1H3;1-3,9H,8H2. The first-order chi connectivity index (χ1) is 43.1. The molecule has 0 radical (unpaired) electrons. The summed E-state index contributed by atoms with van der Waals surface area (Å²) >= 11 is 41.8. The minimum absolute atomic E-state index is 0.00594. The molecular formula is C65H70Cl7N13O4. The number of rotatable bonds is 17. The summed E-state index contributed by atoms with van der Waals surface area (Å²) in [5.41, 5.74) is 22.3. The topological polar surface area (TPSA) is 243 Å². The number of halogens is 7. The minimum atomic E-state index is 0.00594. The Morgan fingerprint density at radius 3 is 1.30 bits per heavy atom. The van der Waals surface area contributed by atoms with Crippen LogP contribution in [0.4, 0.5) is 40.6 Å². The van der Waals surface area contributed by atoms with Crippen LogP contribution in [0.15, 0.2) is 164 Å². The maximum atomic E-state index is 8.86. The molecule has 0 spiro atoms. The van der Waals surface area contributed by atoms with E-state index >= 15 is 0 Å². The highest BCUT2D eigenvalue weighted by Gasteiger charge is 2.21. The van der Waals surface area contributed by atoms with E-state index in [1.165, 1.54) is 63.7 Å². The van der Waals surface area contributed by atoms with E-state index in [0.717, 1.165) is 41.8 Å². The summed E-state index contributed by atoms with van der Waals surface area (Å²) in [6, 6.07) is 51.3. The number of likely N-dealkylation sites (tertiary alicyclic amines) is 1. The zero-order chi connectivity index (χ0) is 63.3. The number of phenols is 1. The maximum Gasteiger partial charge on any atom is 0.233 e. The van der Waals surface area contributed by atoms with E-state index in [0.29, 0.717) is 93.2 Å². The first-order valence-electron chi connectivity index (χ1n) is 28.7. The number of nitrogens with zero attached hydrogens (tertiary/aromatic N) is 7. The lowest BCUT2D eigenvalue weighted by Gasteiger charge is -2.20. The first-order valence-corrected chi connectivity index (χ1v) is 31.4. The number of nitrogen functional groups attached to an aromatic ring is 2. The Morgan fingerprint density at radius 2 is 0.888 bits per heavy atom. The minimum Gasteiger partial charge on any atom is -0.506 e. The van der Waals surface area contributed by atoms with Gasteiger partial charge in [0.25, 0.3) is 0 Å². The lowest BCUT2D eigenvalue weighted by Crippen LogP contribution is -2.34. The lowest BCUT2D eigenvalue weighted by molar-refractivity contribution is 0.272. The second kappa shape index (κ2) is 37.0. The van der Waals surface area contributed by atoms with Gasteiger partial charge < -0.3 is 52.5 Å². The molecule has 1 saturated carbocycles. The lowest BCUT2D eigenvalue weighted by atomic mass is 10.1. The summed E-state index contributed by atoms with van der Waals surface area (Å²) in [7, 11) is 0. The first kappa shape index (κ1) is 69.2. The number of nitrogens with two attached hydrogens (primary N) is 3. The maximum absolute atomic E-state index is 8.86. The molecule has 10 N–H and O–H groups in total. The van der Waals surface area contributed by atoms with Gasteiger partial charge in [0.05, 0.1) is 20.1 Å². The molecule has 17 nitrogen and oxygen atoms in total. The molecule has 0 bridgehead atoms. The molecule has 1 saturated heterocycles. The van der Waals surface area contributed by atoms with E-state index < -0.39 is 0 Å². The number of phenolic OH excluding ortho intramolecular Hbond substituents is 1. The van der Waals surface area contributed by atoms with Crippen molar-refractivity contribution in [3.05, 3.63) is 216 Å². The molecule has 3 heterocycles. The van der Waals surface area contributed by atoms with Gasteiger partial charge in [-0.1, -0.05) is 170 Å². The van der Waals surface area contributed by atoms with Crippen molar-refractivity contribution in [1.29, 1.82) is 0 Å². The highest BCUT2D eigenvalue weighted by atomic mass is 35.5. The fraction of sp³-hybridized carbons (Fsp3) is 0.262. The molecule has 11 rings (SSSR count). The molecule has 0 amide bonds. The number of nitrogens with one attached hydrogen (secondary N) is 3. The van der Waals surface area contributed by atoms with Crippen molar-refractivity contribution in [3.8, 4) is 23.0 Å². The molecule has 89 heavy (non-hydrogen) atoms. The van der Waals surface area contributed by atoms with Gasteiger partial charge in [0, 0.05) is 41.4 Å². The van der Waals surface area contributed by atoms with E-state index in [4.69, 9.17) is 118 Å². The van der Waals surface area contributed by atoms with Gasteiger partial charge in [-0.15, -0.1) is 0 Å². The van der Waals surface area contributed by atoms with Crippen molar-refractivity contribution in [3.63, 3.8) is 0 Å². The molecule has 1 atom stereocenters. The third-order valence-corrected chi connectivity index (χ3v) is 15.3.